The molecule has 2 aromatic heterocycles. The number of nitrogens with one attached hydrogen (secondary N) is 1. The number of fused-ring (bicyclic) bond motifs is 1. The lowest BCUT2D eigenvalue weighted by Crippen LogP contribution is -2.23. The fraction of sp³-hybridized carbons (Fsp3) is 0.391. The first-order chi connectivity index (χ1) is 14.6. The highest BCUT2D eigenvalue weighted by atomic mass is 16.5. The predicted molar refractivity (Wildman–Crippen MR) is 118 cm³/mol. The number of nitrogens with two attached hydrogens (primary N) is 1. The molecule has 3 N–H and O–H groups in total. The Labute approximate surface area is 180 Å². The lowest BCUT2D eigenvalue weighted by Gasteiger charge is -2.20. The Morgan fingerprint density at radius 2 is 2.00 bits per heavy atom. The van der Waals surface area contributed by atoms with E-state index < -0.39 is 5.91 Å². The summed E-state index contributed by atoms with van der Waals surface area (Å²) in [4.78, 5) is 29.2. The lowest BCUT2D eigenvalue weighted by molar-refractivity contribution is -0.119. The molecule has 1 saturated carbocycles. The Bertz CT molecular complexity index is 1170. The monoisotopic (exact) mass is 421 g/mol. The highest BCUT2D eigenvalue weighted by molar-refractivity contribution is 6.12. The number of hydrogen-bond acceptors (Lipinski definition) is 5. The van der Waals surface area contributed by atoms with Gasteiger partial charge in [-0.25, -0.2) is 9.67 Å². The molecule has 0 radical (unpaired) electrons. The molecule has 2 amide bonds. The number of primary amides is 1. The molecule has 0 saturated heterocycles. The first-order valence-electron chi connectivity index (χ1n) is 10.4. The highest BCUT2D eigenvalue weighted by Crippen LogP contribution is 2.41. The second-order valence-electron chi connectivity index (χ2n) is 8.97. The summed E-state index contributed by atoms with van der Waals surface area (Å²) in [5.41, 5.74) is 8.42. The normalized spacial score (nSPS) is 13.9. The van der Waals surface area contributed by atoms with Crippen molar-refractivity contribution in [3.8, 4) is 5.75 Å². The van der Waals surface area contributed by atoms with Crippen molar-refractivity contribution < 1.29 is 14.3 Å². The number of aryl methyl sites for hydroxylation is 1. The van der Waals surface area contributed by atoms with Gasteiger partial charge in [0.05, 0.1) is 22.2 Å². The molecule has 4 rings (SSSR count). The van der Waals surface area contributed by atoms with Crippen LogP contribution in [0.3, 0.4) is 0 Å². The van der Waals surface area contributed by atoms with Crippen molar-refractivity contribution >= 4 is 28.5 Å². The molecular formula is C23H27N5O3. The topological polar surface area (TPSA) is 112 Å². The zero-order valence-electron chi connectivity index (χ0n) is 18.2. The zero-order valence-corrected chi connectivity index (χ0v) is 18.2. The Balaban J connectivity index is 1.72. The molecular weight excluding hydrogens is 394 g/mol. The number of carbonyl (C=O) groups excluding carboxylic acids is 2. The van der Waals surface area contributed by atoms with Crippen molar-refractivity contribution in [2.24, 2.45) is 5.73 Å². The van der Waals surface area contributed by atoms with E-state index in [4.69, 9.17) is 20.6 Å². The maximum atomic E-state index is 13.3. The predicted octanol–water partition coefficient (Wildman–Crippen LogP) is 3.49. The maximum absolute atomic E-state index is 13.3. The number of carbonyl (C=O) groups is 2. The van der Waals surface area contributed by atoms with E-state index >= 15 is 0 Å². The molecule has 3 aromatic rings. The van der Waals surface area contributed by atoms with Crippen LogP contribution < -0.4 is 15.8 Å². The second kappa shape index (κ2) is 7.68. The molecule has 31 heavy (non-hydrogen) atoms. The number of ether oxygens (including phenoxy) is 1. The number of nitrogens with zero attached hydrogens (tertiary/aromatic N) is 3. The smallest absolute Gasteiger partial charge is 0.256 e. The zero-order chi connectivity index (χ0) is 22.3. The van der Waals surface area contributed by atoms with Gasteiger partial charge < -0.3 is 15.8 Å². The van der Waals surface area contributed by atoms with Gasteiger partial charge in [0.15, 0.2) is 12.3 Å². The van der Waals surface area contributed by atoms with Gasteiger partial charge >= 0.3 is 0 Å². The number of anilines is 1. The van der Waals surface area contributed by atoms with Crippen molar-refractivity contribution in [2.45, 2.75) is 52.0 Å². The number of pyridine rings is 1. The number of hydrogen-bond donors (Lipinski definition) is 2. The minimum atomic E-state index is -0.562. The van der Waals surface area contributed by atoms with Gasteiger partial charge in [-0.05, 0) is 58.7 Å². The summed E-state index contributed by atoms with van der Waals surface area (Å²) >= 11 is 0. The summed E-state index contributed by atoms with van der Waals surface area (Å²) in [7, 11) is 0. The van der Waals surface area contributed by atoms with Crippen LogP contribution in [0.25, 0.3) is 11.0 Å². The summed E-state index contributed by atoms with van der Waals surface area (Å²) in [6, 6.07) is 8.76. The minimum Gasteiger partial charge on any atom is -0.484 e. The lowest BCUT2D eigenvalue weighted by atomic mass is 10.1. The molecule has 0 aliphatic heterocycles. The maximum Gasteiger partial charge on any atom is 0.256 e. The fourth-order valence-corrected chi connectivity index (χ4v) is 3.56. The molecule has 1 fully saturated rings. The van der Waals surface area contributed by atoms with Crippen LogP contribution in [-0.4, -0.2) is 33.2 Å². The SMILES string of the molecule is Cc1nn(C(C)(C)C)c2nc(C3CC3)cc(C(=O)Nc3cccc(OCC(N)=O)c3)c12. The van der Waals surface area contributed by atoms with Crippen molar-refractivity contribution in [1.29, 1.82) is 0 Å². The molecule has 1 aliphatic rings. The summed E-state index contributed by atoms with van der Waals surface area (Å²) in [6.07, 6.45) is 2.17. The van der Waals surface area contributed by atoms with Gasteiger partial charge in [-0.15, -0.1) is 0 Å². The first-order valence-corrected chi connectivity index (χ1v) is 10.4. The van der Waals surface area contributed by atoms with E-state index in [1.807, 2.05) is 17.7 Å². The van der Waals surface area contributed by atoms with E-state index in [1.54, 1.807) is 24.3 Å². The molecule has 8 heteroatoms. The third-order valence-electron chi connectivity index (χ3n) is 5.18. The molecule has 8 nitrogen and oxygen atoms in total. The van der Waals surface area contributed by atoms with E-state index in [9.17, 15) is 9.59 Å². The second-order valence-corrected chi connectivity index (χ2v) is 8.97. The Morgan fingerprint density at radius 3 is 2.65 bits per heavy atom. The van der Waals surface area contributed by atoms with E-state index in [-0.39, 0.29) is 18.1 Å². The molecule has 0 unspecified atom stereocenters. The van der Waals surface area contributed by atoms with E-state index in [2.05, 4.69) is 26.1 Å². The van der Waals surface area contributed by atoms with Crippen LogP contribution in [-0.2, 0) is 10.3 Å². The van der Waals surface area contributed by atoms with Crippen molar-refractivity contribution in [3.63, 3.8) is 0 Å². The third-order valence-corrected chi connectivity index (χ3v) is 5.18. The summed E-state index contributed by atoms with van der Waals surface area (Å²) in [5, 5.41) is 8.40. The van der Waals surface area contributed by atoms with E-state index in [0.29, 0.717) is 22.9 Å². The molecule has 1 aliphatic carbocycles. The van der Waals surface area contributed by atoms with Crippen LogP contribution in [0.1, 0.15) is 61.3 Å². The Hall–Kier alpha value is -3.42. The number of rotatable bonds is 6. The Kier molecular flexibility index (Phi) is 5.16. The first kappa shape index (κ1) is 20.8. The van der Waals surface area contributed by atoms with Gasteiger partial charge in [0.2, 0.25) is 0 Å². The van der Waals surface area contributed by atoms with Gasteiger partial charge in [-0.3, -0.25) is 9.59 Å². The highest BCUT2D eigenvalue weighted by Gasteiger charge is 2.30. The van der Waals surface area contributed by atoms with E-state index in [1.165, 1.54) is 0 Å². The fourth-order valence-electron chi connectivity index (χ4n) is 3.56. The van der Waals surface area contributed by atoms with Crippen LogP contribution in [0.2, 0.25) is 0 Å². The summed E-state index contributed by atoms with van der Waals surface area (Å²) < 4.78 is 7.24. The number of benzene rings is 1. The average Bonchev–Trinajstić information content (AvgIpc) is 3.49. The summed E-state index contributed by atoms with van der Waals surface area (Å²) in [6.45, 7) is 7.89. The van der Waals surface area contributed by atoms with Crippen LogP contribution in [0, 0.1) is 6.92 Å². The molecule has 1 aromatic carbocycles. The average molecular weight is 422 g/mol. The van der Waals surface area contributed by atoms with E-state index in [0.717, 1.165) is 35.3 Å². The van der Waals surface area contributed by atoms with Gasteiger partial charge in [0, 0.05) is 23.4 Å². The molecule has 2 heterocycles. The van der Waals surface area contributed by atoms with Crippen LogP contribution >= 0.6 is 0 Å². The molecule has 162 valence electrons. The minimum absolute atomic E-state index is 0.224. The summed E-state index contributed by atoms with van der Waals surface area (Å²) in [5.74, 6) is 0.0439. The Morgan fingerprint density at radius 1 is 1.26 bits per heavy atom. The number of aromatic nitrogens is 3. The van der Waals surface area contributed by atoms with Gasteiger partial charge in [-0.1, -0.05) is 6.07 Å². The third kappa shape index (κ3) is 4.38. The van der Waals surface area contributed by atoms with Crippen LogP contribution in [0.5, 0.6) is 5.75 Å². The standard InChI is InChI=1S/C23H27N5O3/c1-13-20-17(22(30)25-15-6-5-7-16(10-15)31-12-19(24)29)11-18(14-8-9-14)26-21(20)28(27-13)23(2,3)4/h5-7,10-11,14H,8-9,12H2,1-4H3,(H2,24,29)(H,25,30). The largest absolute Gasteiger partial charge is 0.484 e. The quantitative estimate of drug-likeness (QED) is 0.633. The van der Waals surface area contributed by atoms with Crippen molar-refractivity contribution in [2.75, 3.05) is 11.9 Å². The molecule has 0 bridgehead atoms. The van der Waals surface area contributed by atoms with Crippen LogP contribution in [0.15, 0.2) is 30.3 Å². The van der Waals surface area contributed by atoms with Crippen molar-refractivity contribution in [3.05, 3.63) is 47.3 Å². The van der Waals surface area contributed by atoms with Gasteiger partial charge in [0.1, 0.15) is 5.75 Å². The molecule has 0 atom stereocenters. The van der Waals surface area contributed by atoms with Gasteiger partial charge in [-0.2, -0.15) is 5.10 Å². The van der Waals surface area contributed by atoms with Crippen molar-refractivity contribution in [1.82, 2.24) is 14.8 Å². The number of amides is 2. The molecule has 0 spiro atoms. The van der Waals surface area contributed by atoms with Gasteiger partial charge in [0.25, 0.3) is 11.8 Å². The van der Waals surface area contributed by atoms with Crippen LogP contribution in [0.4, 0.5) is 5.69 Å².